The van der Waals surface area contributed by atoms with Gasteiger partial charge in [-0.1, -0.05) is 170 Å². The minimum absolute atomic E-state index is 0.272. The summed E-state index contributed by atoms with van der Waals surface area (Å²) in [6, 6.07) is 56.7. The lowest BCUT2D eigenvalue weighted by Crippen LogP contribution is -2.43. The Morgan fingerprint density at radius 1 is 0.421 bits per heavy atom. The van der Waals surface area contributed by atoms with Crippen LogP contribution in [0.5, 0.6) is 0 Å². The first-order chi connectivity index (χ1) is 28.0. The van der Waals surface area contributed by atoms with E-state index in [0.717, 1.165) is 33.2 Å². The van der Waals surface area contributed by atoms with Gasteiger partial charge in [-0.15, -0.1) is 0 Å². The van der Waals surface area contributed by atoms with Crippen molar-refractivity contribution < 1.29 is 23.4 Å². The zero-order chi connectivity index (χ0) is 39.7. The molecule has 9 heteroatoms. The lowest BCUT2D eigenvalue weighted by Gasteiger charge is -2.28. The van der Waals surface area contributed by atoms with Crippen LogP contribution in [0.25, 0.3) is 0 Å². The van der Waals surface area contributed by atoms with E-state index in [4.69, 9.17) is 34.8 Å². The van der Waals surface area contributed by atoms with Crippen molar-refractivity contribution in [3.63, 3.8) is 0 Å². The first-order valence-electron chi connectivity index (χ1n) is 20.0. The molecule has 6 aromatic carbocycles. The maximum Gasteiger partial charge on any atom is 0.494 e. The quantitative estimate of drug-likeness (QED) is 0.0692. The summed E-state index contributed by atoms with van der Waals surface area (Å²) in [5.41, 5.74) is 22.0. The van der Waals surface area contributed by atoms with E-state index in [-0.39, 0.29) is 24.3 Å². The van der Waals surface area contributed by atoms with E-state index >= 15 is 0 Å². The molecule has 4 unspecified atom stereocenters. The van der Waals surface area contributed by atoms with E-state index in [9.17, 15) is 0 Å². The first kappa shape index (κ1) is 41.8. The third-order valence-electron chi connectivity index (χ3n) is 9.88. The molecule has 0 amide bonds. The highest BCUT2D eigenvalue weighted by Crippen LogP contribution is 2.26. The van der Waals surface area contributed by atoms with Crippen LogP contribution >= 0.6 is 0 Å². The minimum Gasteiger partial charge on any atom is -0.408 e. The van der Waals surface area contributed by atoms with Gasteiger partial charge in [0, 0.05) is 25.3 Å². The zero-order valence-corrected chi connectivity index (χ0v) is 33.1. The molecule has 0 fully saturated rings. The second-order valence-corrected chi connectivity index (χ2v) is 14.2. The number of hydrogen-bond acceptors (Lipinski definition) is 7. The normalized spacial score (nSPS) is 13.4. The number of nitrogens with two attached hydrogens (primary N) is 2. The van der Waals surface area contributed by atoms with Crippen LogP contribution in [-0.4, -0.2) is 39.5 Å². The van der Waals surface area contributed by atoms with Gasteiger partial charge >= 0.3 is 14.2 Å². The van der Waals surface area contributed by atoms with Crippen molar-refractivity contribution in [2.24, 2.45) is 11.5 Å². The molecule has 7 nitrogen and oxygen atoms in total. The maximum atomic E-state index is 6.83. The third kappa shape index (κ3) is 12.6. The summed E-state index contributed by atoms with van der Waals surface area (Å²) < 4.78 is 31.8. The van der Waals surface area contributed by atoms with Crippen LogP contribution in [0.1, 0.15) is 59.4 Å². The van der Waals surface area contributed by atoms with E-state index in [2.05, 4.69) is 72.8 Å². The Morgan fingerprint density at radius 3 is 1.09 bits per heavy atom. The Morgan fingerprint density at radius 2 is 0.754 bits per heavy atom. The highest BCUT2D eigenvalue weighted by atomic mass is 16.6. The Kier molecular flexibility index (Phi) is 16.3. The largest absolute Gasteiger partial charge is 0.494 e. The predicted octanol–water partition coefficient (Wildman–Crippen LogP) is 7.52. The second-order valence-electron chi connectivity index (χ2n) is 14.2. The van der Waals surface area contributed by atoms with E-state index in [1.165, 1.54) is 11.1 Å². The zero-order valence-electron chi connectivity index (χ0n) is 33.1. The molecular formula is C48H54B2N2O5. The van der Waals surface area contributed by atoms with Crippen molar-refractivity contribution in [2.75, 3.05) is 13.2 Å². The smallest absolute Gasteiger partial charge is 0.408 e. The molecule has 4 atom stereocenters. The molecule has 6 rings (SSSR count). The van der Waals surface area contributed by atoms with Gasteiger partial charge in [-0.05, 0) is 71.0 Å². The van der Waals surface area contributed by atoms with E-state index in [1.807, 2.05) is 111 Å². The lowest BCUT2D eigenvalue weighted by atomic mass is 9.77. The Bertz CT molecular complexity index is 1850. The molecule has 6 aromatic rings. The average Bonchev–Trinajstić information content (AvgIpc) is 3.25. The first-order valence-corrected chi connectivity index (χ1v) is 20.0. The van der Waals surface area contributed by atoms with Crippen LogP contribution in [0.2, 0.25) is 0 Å². The van der Waals surface area contributed by atoms with Crippen molar-refractivity contribution in [1.29, 1.82) is 0 Å². The van der Waals surface area contributed by atoms with Gasteiger partial charge in [-0.2, -0.15) is 0 Å². The molecule has 0 aliphatic heterocycles. The molecule has 0 spiro atoms. The summed E-state index contributed by atoms with van der Waals surface area (Å²) in [6.07, 6.45) is 0.626. The highest BCUT2D eigenvalue weighted by molar-refractivity contribution is 6.61. The van der Waals surface area contributed by atoms with Crippen molar-refractivity contribution in [3.8, 4) is 0 Å². The second kappa shape index (κ2) is 22.2. The van der Waals surface area contributed by atoms with E-state index < -0.39 is 14.2 Å². The molecule has 0 aliphatic carbocycles. The molecule has 0 radical (unpaired) electrons. The summed E-state index contributed by atoms with van der Waals surface area (Å²) in [5.74, 6) is 0. The summed E-state index contributed by atoms with van der Waals surface area (Å²) in [5, 5.41) is 0. The number of hydrogen-bond donors (Lipinski definition) is 2. The standard InChI is InChI=1S/C48H54B2N2O5/c1-3-54-49(56-47(41-21-13-7-14-22-41)45(51)33-37-17-9-5-10-18-37)43-29-25-39(26-30-43)35-53-36-40-27-31-44(32-28-40)50(55-4-2)57-48(42-23-15-8-16-24-42)46(52)34-38-19-11-6-12-20-38/h5-32,45-48H,3-4,33-36,51-52H2,1-2H3. The molecule has 0 heterocycles. The van der Waals surface area contributed by atoms with Crippen molar-refractivity contribution in [1.82, 2.24) is 0 Å². The van der Waals surface area contributed by atoms with Gasteiger partial charge in [0.1, 0.15) is 0 Å². The fourth-order valence-corrected chi connectivity index (χ4v) is 6.95. The van der Waals surface area contributed by atoms with Crippen LogP contribution in [0, 0.1) is 0 Å². The van der Waals surface area contributed by atoms with Crippen molar-refractivity contribution >= 4 is 25.2 Å². The van der Waals surface area contributed by atoms with Gasteiger partial charge in [-0.3, -0.25) is 0 Å². The molecule has 0 aromatic heterocycles. The number of ether oxygens (including phenoxy) is 1. The Balaban J connectivity index is 1.06. The molecule has 0 saturated heterocycles. The van der Waals surface area contributed by atoms with Crippen LogP contribution in [0.4, 0.5) is 0 Å². The highest BCUT2D eigenvalue weighted by Gasteiger charge is 2.31. The maximum absolute atomic E-state index is 6.83. The summed E-state index contributed by atoms with van der Waals surface area (Å²) in [7, 11) is -1.16. The Labute approximate surface area is 339 Å². The van der Waals surface area contributed by atoms with Crippen LogP contribution < -0.4 is 22.4 Å². The summed E-state index contributed by atoms with van der Waals surface area (Å²) in [4.78, 5) is 0. The molecule has 0 aliphatic rings. The SMILES string of the molecule is CCOB(OC(c1ccccc1)C(N)Cc1ccccc1)c1ccc(COCc2ccc(B(OCC)OC(c3ccccc3)C(N)Cc3ccccc3)cc2)cc1. The fraction of sp³-hybridized carbons (Fsp3) is 0.250. The van der Waals surface area contributed by atoms with Crippen LogP contribution in [0.3, 0.4) is 0 Å². The summed E-state index contributed by atoms with van der Waals surface area (Å²) in [6.45, 7) is 5.85. The van der Waals surface area contributed by atoms with Crippen molar-refractivity contribution in [3.05, 3.63) is 203 Å². The predicted molar refractivity (Wildman–Crippen MR) is 232 cm³/mol. The van der Waals surface area contributed by atoms with Gasteiger partial charge < -0.3 is 34.8 Å². The number of benzene rings is 6. The molecule has 57 heavy (non-hydrogen) atoms. The van der Waals surface area contributed by atoms with Gasteiger partial charge in [0.2, 0.25) is 0 Å². The van der Waals surface area contributed by atoms with Gasteiger partial charge in [0.25, 0.3) is 0 Å². The van der Waals surface area contributed by atoms with Crippen LogP contribution in [0.15, 0.2) is 170 Å². The van der Waals surface area contributed by atoms with Crippen LogP contribution in [-0.2, 0) is 49.4 Å². The van der Waals surface area contributed by atoms with Gasteiger partial charge in [0.05, 0.1) is 25.4 Å². The number of rotatable bonds is 22. The monoisotopic (exact) mass is 760 g/mol. The Hall–Kier alpha value is -4.83. The van der Waals surface area contributed by atoms with E-state index in [0.29, 0.717) is 39.3 Å². The van der Waals surface area contributed by atoms with Crippen molar-refractivity contribution in [2.45, 2.75) is 64.2 Å². The molecule has 292 valence electrons. The molecule has 0 saturated carbocycles. The van der Waals surface area contributed by atoms with E-state index in [1.54, 1.807) is 0 Å². The molecular weight excluding hydrogens is 706 g/mol. The topological polar surface area (TPSA) is 98.2 Å². The minimum atomic E-state index is -0.581. The fourth-order valence-electron chi connectivity index (χ4n) is 6.95. The lowest BCUT2D eigenvalue weighted by molar-refractivity contribution is 0.107. The summed E-state index contributed by atoms with van der Waals surface area (Å²) >= 11 is 0. The third-order valence-corrected chi connectivity index (χ3v) is 9.88. The molecule has 4 N–H and O–H groups in total. The van der Waals surface area contributed by atoms with Gasteiger partial charge in [-0.25, -0.2) is 0 Å². The average molecular weight is 761 g/mol. The molecule has 0 bridgehead atoms. The van der Waals surface area contributed by atoms with Gasteiger partial charge in [0.15, 0.2) is 0 Å².